The molecule has 1 N–H and O–H groups in total. The lowest BCUT2D eigenvalue weighted by molar-refractivity contribution is 0.00794. The van der Waals surface area contributed by atoms with Crippen LogP contribution in [0.15, 0.2) is 43.0 Å². The number of ether oxygens (including phenoxy) is 1. The van der Waals surface area contributed by atoms with Crippen molar-refractivity contribution in [3.8, 4) is 0 Å². The van der Waals surface area contributed by atoms with Crippen molar-refractivity contribution < 1.29 is 9.84 Å². The van der Waals surface area contributed by atoms with Gasteiger partial charge in [0.1, 0.15) is 0 Å². The van der Waals surface area contributed by atoms with Crippen LogP contribution >= 0.6 is 0 Å². The first-order valence-electron chi connectivity index (χ1n) is 6.22. The van der Waals surface area contributed by atoms with E-state index in [0.29, 0.717) is 13.0 Å². The van der Waals surface area contributed by atoms with Crippen LogP contribution in [0, 0.1) is 0 Å². The molecule has 1 aromatic carbocycles. The first kappa shape index (κ1) is 13.9. The summed E-state index contributed by atoms with van der Waals surface area (Å²) in [7, 11) is 0. The molecule has 0 amide bonds. The van der Waals surface area contributed by atoms with Crippen LogP contribution in [-0.4, -0.2) is 17.3 Å². The van der Waals surface area contributed by atoms with Crippen LogP contribution < -0.4 is 0 Å². The Morgan fingerprint density at radius 2 is 2.06 bits per heavy atom. The van der Waals surface area contributed by atoms with E-state index in [1.165, 1.54) is 5.56 Å². The zero-order chi connectivity index (χ0) is 12.5. The molecule has 1 aromatic rings. The van der Waals surface area contributed by atoms with E-state index in [2.05, 4.69) is 13.5 Å². The summed E-state index contributed by atoms with van der Waals surface area (Å²) in [6, 6.07) is 10.1. The van der Waals surface area contributed by atoms with E-state index in [1.807, 2.05) is 30.3 Å². The summed E-state index contributed by atoms with van der Waals surface area (Å²) in [6.07, 6.45) is 3.86. The first-order valence-corrected chi connectivity index (χ1v) is 6.22. The van der Waals surface area contributed by atoms with Crippen molar-refractivity contribution in [1.82, 2.24) is 0 Å². The molecule has 2 heteroatoms. The van der Waals surface area contributed by atoms with Gasteiger partial charge in [-0.05, 0) is 12.0 Å². The third-order valence-corrected chi connectivity index (χ3v) is 2.72. The minimum atomic E-state index is -0.470. The van der Waals surface area contributed by atoms with E-state index in [0.717, 1.165) is 12.8 Å². The molecule has 0 spiro atoms. The van der Waals surface area contributed by atoms with Gasteiger partial charge in [0.15, 0.2) is 0 Å². The fraction of sp³-hybridized carbons (Fsp3) is 0.467. The molecular weight excluding hydrogens is 212 g/mol. The molecule has 17 heavy (non-hydrogen) atoms. The minimum absolute atomic E-state index is 0.105. The third kappa shape index (κ3) is 5.66. The minimum Gasteiger partial charge on any atom is -0.389 e. The Hall–Kier alpha value is -1.12. The van der Waals surface area contributed by atoms with E-state index < -0.39 is 6.10 Å². The maximum Gasteiger partial charge on any atom is 0.0743 e. The van der Waals surface area contributed by atoms with Crippen LogP contribution in [0.1, 0.15) is 31.7 Å². The average Bonchev–Trinajstić information content (AvgIpc) is 2.37. The normalized spacial score (nSPS) is 14.2. The SMILES string of the molecule is C=C[C@H](O)C[C@H](CCC)OCc1ccccc1. The van der Waals surface area contributed by atoms with Crippen LogP contribution in [0.4, 0.5) is 0 Å². The third-order valence-electron chi connectivity index (χ3n) is 2.72. The second-order valence-electron chi connectivity index (χ2n) is 4.25. The highest BCUT2D eigenvalue weighted by molar-refractivity contribution is 5.13. The van der Waals surface area contributed by atoms with E-state index in [9.17, 15) is 5.11 Å². The molecule has 94 valence electrons. The van der Waals surface area contributed by atoms with Crippen molar-refractivity contribution in [3.05, 3.63) is 48.6 Å². The summed E-state index contributed by atoms with van der Waals surface area (Å²) in [5, 5.41) is 9.55. The summed E-state index contributed by atoms with van der Waals surface area (Å²) in [6.45, 7) is 6.32. The Bertz CT molecular complexity index is 308. The molecule has 0 heterocycles. The van der Waals surface area contributed by atoms with Gasteiger partial charge in [0.05, 0.1) is 18.8 Å². The van der Waals surface area contributed by atoms with Gasteiger partial charge in [0.2, 0.25) is 0 Å². The molecule has 0 fully saturated rings. The van der Waals surface area contributed by atoms with Gasteiger partial charge in [-0.1, -0.05) is 49.8 Å². The summed E-state index contributed by atoms with van der Waals surface area (Å²) >= 11 is 0. The highest BCUT2D eigenvalue weighted by atomic mass is 16.5. The average molecular weight is 234 g/mol. The fourth-order valence-electron chi connectivity index (χ4n) is 1.75. The molecule has 0 aliphatic heterocycles. The highest BCUT2D eigenvalue weighted by Crippen LogP contribution is 2.13. The zero-order valence-electron chi connectivity index (χ0n) is 10.5. The lowest BCUT2D eigenvalue weighted by atomic mass is 10.1. The van der Waals surface area contributed by atoms with Crippen molar-refractivity contribution in [3.63, 3.8) is 0 Å². The number of rotatable bonds is 8. The Labute approximate surface area is 104 Å². The molecular formula is C15H22O2. The summed E-state index contributed by atoms with van der Waals surface area (Å²) in [4.78, 5) is 0. The number of aliphatic hydroxyl groups is 1. The van der Waals surface area contributed by atoms with Crippen LogP contribution in [0.3, 0.4) is 0 Å². The van der Waals surface area contributed by atoms with Crippen LogP contribution in [0.5, 0.6) is 0 Å². The van der Waals surface area contributed by atoms with Gasteiger partial charge >= 0.3 is 0 Å². The second-order valence-corrected chi connectivity index (χ2v) is 4.25. The predicted octanol–water partition coefficient (Wildman–Crippen LogP) is 3.31. The van der Waals surface area contributed by atoms with Crippen LogP contribution in [-0.2, 0) is 11.3 Å². The van der Waals surface area contributed by atoms with Gasteiger partial charge in [0, 0.05) is 6.42 Å². The number of benzene rings is 1. The lowest BCUT2D eigenvalue weighted by Crippen LogP contribution is -2.19. The Balaban J connectivity index is 2.41. The molecule has 0 bridgehead atoms. The van der Waals surface area contributed by atoms with Gasteiger partial charge < -0.3 is 9.84 Å². The van der Waals surface area contributed by atoms with Crippen molar-refractivity contribution >= 4 is 0 Å². The van der Waals surface area contributed by atoms with Crippen molar-refractivity contribution in [2.45, 2.75) is 45.0 Å². The van der Waals surface area contributed by atoms with Crippen LogP contribution in [0.25, 0.3) is 0 Å². The molecule has 0 aliphatic carbocycles. The summed E-state index contributed by atoms with van der Waals surface area (Å²) in [5.41, 5.74) is 1.17. The van der Waals surface area contributed by atoms with Gasteiger partial charge in [-0.3, -0.25) is 0 Å². The molecule has 0 aromatic heterocycles. The molecule has 0 radical (unpaired) electrons. The topological polar surface area (TPSA) is 29.5 Å². The Kier molecular flexibility index (Phi) is 6.60. The molecule has 2 atom stereocenters. The van der Waals surface area contributed by atoms with Gasteiger partial charge in [-0.15, -0.1) is 6.58 Å². The van der Waals surface area contributed by atoms with Crippen LogP contribution in [0.2, 0.25) is 0 Å². The second kappa shape index (κ2) is 8.04. The first-order chi connectivity index (χ1) is 8.26. The van der Waals surface area contributed by atoms with E-state index in [1.54, 1.807) is 6.08 Å². The van der Waals surface area contributed by atoms with Gasteiger partial charge in [-0.25, -0.2) is 0 Å². The Morgan fingerprint density at radius 3 is 2.65 bits per heavy atom. The predicted molar refractivity (Wildman–Crippen MR) is 70.7 cm³/mol. The molecule has 2 nitrogen and oxygen atoms in total. The van der Waals surface area contributed by atoms with Gasteiger partial charge in [-0.2, -0.15) is 0 Å². The quantitative estimate of drug-likeness (QED) is 0.699. The smallest absolute Gasteiger partial charge is 0.0743 e. The lowest BCUT2D eigenvalue weighted by Gasteiger charge is -2.19. The van der Waals surface area contributed by atoms with Crippen molar-refractivity contribution in [2.75, 3.05) is 0 Å². The molecule has 1 rings (SSSR count). The number of hydrogen-bond acceptors (Lipinski definition) is 2. The van der Waals surface area contributed by atoms with E-state index in [-0.39, 0.29) is 6.10 Å². The highest BCUT2D eigenvalue weighted by Gasteiger charge is 2.12. The summed E-state index contributed by atoms with van der Waals surface area (Å²) in [5.74, 6) is 0. The van der Waals surface area contributed by atoms with E-state index >= 15 is 0 Å². The molecule has 0 aliphatic rings. The number of aliphatic hydroxyl groups excluding tert-OH is 1. The maximum absolute atomic E-state index is 9.55. The van der Waals surface area contributed by atoms with Crippen molar-refractivity contribution in [2.24, 2.45) is 0 Å². The Morgan fingerprint density at radius 1 is 1.35 bits per heavy atom. The maximum atomic E-state index is 9.55. The zero-order valence-corrected chi connectivity index (χ0v) is 10.5. The molecule has 0 saturated heterocycles. The largest absolute Gasteiger partial charge is 0.389 e. The van der Waals surface area contributed by atoms with Gasteiger partial charge in [0.25, 0.3) is 0 Å². The number of hydrogen-bond donors (Lipinski definition) is 1. The summed E-state index contributed by atoms with van der Waals surface area (Å²) < 4.78 is 5.83. The van der Waals surface area contributed by atoms with E-state index in [4.69, 9.17) is 4.74 Å². The standard InChI is InChI=1S/C15H22O2/c1-3-8-15(11-14(16)4-2)17-12-13-9-6-5-7-10-13/h4-7,9-10,14-16H,2-3,8,11-12H2,1H3/t14-,15-/m0/s1. The molecule has 0 saturated carbocycles. The molecule has 0 unspecified atom stereocenters. The fourth-order valence-corrected chi connectivity index (χ4v) is 1.75. The monoisotopic (exact) mass is 234 g/mol. The van der Waals surface area contributed by atoms with Crippen molar-refractivity contribution in [1.29, 1.82) is 0 Å².